The molecule has 1 aromatic carbocycles. The fourth-order valence-electron chi connectivity index (χ4n) is 5.86. The van der Waals surface area contributed by atoms with Crippen molar-refractivity contribution < 1.29 is 14.0 Å². The van der Waals surface area contributed by atoms with E-state index in [-0.39, 0.29) is 23.3 Å². The highest BCUT2D eigenvalue weighted by Gasteiger charge is 2.58. The Bertz CT molecular complexity index is 1230. The Hall–Kier alpha value is -2.84. The molecule has 2 atom stereocenters. The standard InChI is InChI=1S/C31H40N4O3S/c1-3-24(36)8-6-5-7-9-26(34-28(37)25-20-31(25)14-17-35(4-2)18-15-31)29-33-21-27(38-29)22-10-12-23(13-11-22)30-32-16-19-39-30/h10-13,16,19,21,25-26H,3-9,14-15,17-18,20H2,1-2H3,(H,34,37)/t25-,26+/m1/s1. The third kappa shape index (κ3) is 6.67. The lowest BCUT2D eigenvalue weighted by molar-refractivity contribution is -0.124. The van der Waals surface area contributed by atoms with Gasteiger partial charge in [0, 0.05) is 41.5 Å². The number of benzene rings is 1. The molecule has 1 saturated carbocycles. The van der Waals surface area contributed by atoms with Gasteiger partial charge in [-0.25, -0.2) is 9.97 Å². The van der Waals surface area contributed by atoms with E-state index in [0.29, 0.717) is 30.3 Å². The number of rotatable bonds is 13. The molecule has 0 bridgehead atoms. The van der Waals surface area contributed by atoms with Gasteiger partial charge in [-0.3, -0.25) is 9.59 Å². The maximum atomic E-state index is 13.4. The Morgan fingerprint density at radius 3 is 2.56 bits per heavy atom. The van der Waals surface area contributed by atoms with Crippen LogP contribution in [0.2, 0.25) is 0 Å². The summed E-state index contributed by atoms with van der Waals surface area (Å²) in [7, 11) is 0. The molecule has 2 aromatic heterocycles. The SMILES string of the molecule is CCC(=O)CCCCC[C@H](NC(=O)[C@H]1CC12CCN(CC)CC2)c1ncc(-c2ccc(-c3nccs3)cc2)o1. The number of hydrogen-bond donors (Lipinski definition) is 1. The lowest BCUT2D eigenvalue weighted by Crippen LogP contribution is -2.37. The largest absolute Gasteiger partial charge is 0.438 e. The van der Waals surface area contributed by atoms with Crippen LogP contribution in [0.5, 0.6) is 0 Å². The fourth-order valence-corrected chi connectivity index (χ4v) is 6.51. The summed E-state index contributed by atoms with van der Waals surface area (Å²) in [6.45, 7) is 7.38. The van der Waals surface area contributed by atoms with E-state index >= 15 is 0 Å². The number of hydrogen-bond acceptors (Lipinski definition) is 7. The molecule has 39 heavy (non-hydrogen) atoms. The fraction of sp³-hybridized carbons (Fsp3) is 0.548. The number of ketones is 1. The van der Waals surface area contributed by atoms with Gasteiger partial charge in [0.1, 0.15) is 16.8 Å². The summed E-state index contributed by atoms with van der Waals surface area (Å²) in [5.74, 6) is 1.79. The second-order valence-electron chi connectivity index (χ2n) is 11.1. The molecule has 7 nitrogen and oxygen atoms in total. The number of oxazole rings is 1. The Labute approximate surface area is 235 Å². The number of aromatic nitrogens is 2. The van der Waals surface area contributed by atoms with Gasteiger partial charge in [-0.2, -0.15) is 0 Å². The molecule has 1 spiro atoms. The number of thiazole rings is 1. The molecule has 2 aliphatic rings. The number of nitrogens with one attached hydrogen (secondary N) is 1. The first kappa shape index (κ1) is 27.7. The van der Waals surface area contributed by atoms with E-state index in [1.54, 1.807) is 17.5 Å². The average molecular weight is 549 g/mol. The van der Waals surface area contributed by atoms with Crippen molar-refractivity contribution in [1.29, 1.82) is 0 Å². The van der Waals surface area contributed by atoms with Crippen molar-refractivity contribution in [3.8, 4) is 21.9 Å². The number of piperidine rings is 1. The highest BCUT2D eigenvalue weighted by atomic mass is 32.1. The molecule has 1 saturated heterocycles. The molecule has 3 heterocycles. The van der Waals surface area contributed by atoms with Crippen LogP contribution in [0.3, 0.4) is 0 Å². The number of unbranched alkanes of at least 4 members (excludes halogenated alkanes) is 2. The molecule has 208 valence electrons. The van der Waals surface area contributed by atoms with Crippen molar-refractivity contribution >= 4 is 23.0 Å². The second-order valence-corrected chi connectivity index (χ2v) is 12.0. The summed E-state index contributed by atoms with van der Waals surface area (Å²) in [5, 5.41) is 6.27. The van der Waals surface area contributed by atoms with Crippen LogP contribution in [0.4, 0.5) is 0 Å². The molecule has 1 aliphatic heterocycles. The van der Waals surface area contributed by atoms with Crippen molar-refractivity contribution in [1.82, 2.24) is 20.2 Å². The topological polar surface area (TPSA) is 88.3 Å². The zero-order valence-corrected chi connectivity index (χ0v) is 24.0. The van der Waals surface area contributed by atoms with Gasteiger partial charge < -0.3 is 14.6 Å². The van der Waals surface area contributed by atoms with Gasteiger partial charge in [-0.15, -0.1) is 11.3 Å². The smallest absolute Gasteiger partial charge is 0.224 e. The lowest BCUT2D eigenvalue weighted by atomic mass is 9.90. The van der Waals surface area contributed by atoms with Crippen LogP contribution >= 0.6 is 11.3 Å². The number of amides is 1. The quantitative estimate of drug-likeness (QED) is 0.240. The summed E-state index contributed by atoms with van der Waals surface area (Å²) in [6.07, 6.45) is 11.5. The van der Waals surface area contributed by atoms with Crippen molar-refractivity contribution in [3.63, 3.8) is 0 Å². The van der Waals surface area contributed by atoms with Gasteiger partial charge in [-0.05, 0) is 57.2 Å². The maximum Gasteiger partial charge on any atom is 0.224 e. The molecule has 1 N–H and O–H groups in total. The second kappa shape index (κ2) is 12.6. The highest BCUT2D eigenvalue weighted by Crippen LogP contribution is 2.59. The summed E-state index contributed by atoms with van der Waals surface area (Å²) in [5.41, 5.74) is 2.20. The molecule has 1 amide bonds. The molecule has 0 unspecified atom stereocenters. The maximum absolute atomic E-state index is 13.4. The van der Waals surface area contributed by atoms with Crippen molar-refractivity contribution in [2.24, 2.45) is 11.3 Å². The predicted molar refractivity (Wildman–Crippen MR) is 154 cm³/mol. The van der Waals surface area contributed by atoms with Gasteiger partial charge in [0.05, 0.1) is 6.20 Å². The number of likely N-dealkylation sites (tertiary alicyclic amines) is 1. The van der Waals surface area contributed by atoms with Crippen molar-refractivity contribution in [2.75, 3.05) is 19.6 Å². The first-order chi connectivity index (χ1) is 19.0. The molecular weight excluding hydrogens is 508 g/mol. The van der Waals surface area contributed by atoms with E-state index in [4.69, 9.17) is 4.42 Å². The Balaban J connectivity index is 1.24. The number of carbonyl (C=O) groups is 2. The van der Waals surface area contributed by atoms with Crippen LogP contribution in [0.15, 0.2) is 46.5 Å². The van der Waals surface area contributed by atoms with E-state index in [1.165, 1.54) is 0 Å². The number of carbonyl (C=O) groups excluding carboxylic acids is 2. The highest BCUT2D eigenvalue weighted by molar-refractivity contribution is 7.13. The summed E-state index contributed by atoms with van der Waals surface area (Å²) in [6, 6.07) is 7.87. The Kier molecular flexibility index (Phi) is 8.92. The zero-order valence-electron chi connectivity index (χ0n) is 23.2. The normalized spacial score (nSPS) is 19.2. The summed E-state index contributed by atoms with van der Waals surface area (Å²) >= 11 is 1.61. The van der Waals surface area contributed by atoms with Gasteiger partial charge in [0.25, 0.3) is 0 Å². The third-order valence-electron chi connectivity index (χ3n) is 8.63. The van der Waals surface area contributed by atoms with E-state index in [2.05, 4.69) is 27.1 Å². The van der Waals surface area contributed by atoms with Gasteiger partial charge in [-0.1, -0.05) is 51.0 Å². The molecular formula is C31H40N4O3S. The van der Waals surface area contributed by atoms with E-state index in [9.17, 15) is 9.59 Å². The minimum absolute atomic E-state index is 0.0917. The van der Waals surface area contributed by atoms with Crippen molar-refractivity contribution in [3.05, 3.63) is 47.9 Å². The van der Waals surface area contributed by atoms with Crippen LogP contribution in [0.25, 0.3) is 21.9 Å². The monoisotopic (exact) mass is 548 g/mol. The number of nitrogens with zero attached hydrogens (tertiary/aromatic N) is 3. The van der Waals surface area contributed by atoms with Crippen molar-refractivity contribution in [2.45, 2.75) is 77.7 Å². The lowest BCUT2D eigenvalue weighted by Gasteiger charge is -2.32. The molecule has 0 radical (unpaired) electrons. The van der Waals surface area contributed by atoms with Crippen LogP contribution in [-0.4, -0.2) is 46.2 Å². The molecule has 1 aliphatic carbocycles. The first-order valence-corrected chi connectivity index (χ1v) is 15.4. The molecule has 5 rings (SSSR count). The minimum atomic E-state index is -0.268. The van der Waals surface area contributed by atoms with Gasteiger partial charge >= 0.3 is 0 Å². The number of Topliss-reactive ketones (excluding diaryl/α,β-unsaturated/α-hetero) is 1. The van der Waals surface area contributed by atoms with Gasteiger partial charge in [0.2, 0.25) is 11.8 Å². The average Bonchev–Trinajstić information content (AvgIpc) is 3.34. The van der Waals surface area contributed by atoms with Crippen LogP contribution < -0.4 is 5.32 Å². The molecule has 2 fully saturated rings. The van der Waals surface area contributed by atoms with Crippen LogP contribution in [0.1, 0.15) is 83.6 Å². The van der Waals surface area contributed by atoms with E-state index in [1.807, 2.05) is 42.8 Å². The first-order valence-electron chi connectivity index (χ1n) is 14.5. The third-order valence-corrected chi connectivity index (χ3v) is 9.46. The molecule has 3 aromatic rings. The summed E-state index contributed by atoms with van der Waals surface area (Å²) < 4.78 is 6.24. The van der Waals surface area contributed by atoms with Crippen LogP contribution in [-0.2, 0) is 9.59 Å². The van der Waals surface area contributed by atoms with Gasteiger partial charge in [0.15, 0.2) is 5.76 Å². The zero-order chi connectivity index (χ0) is 27.2. The minimum Gasteiger partial charge on any atom is -0.438 e. The Morgan fingerprint density at radius 1 is 1.10 bits per heavy atom. The predicted octanol–water partition coefficient (Wildman–Crippen LogP) is 6.67. The van der Waals surface area contributed by atoms with Crippen LogP contribution in [0, 0.1) is 11.3 Å². The molecule has 8 heteroatoms. The van der Waals surface area contributed by atoms with E-state index < -0.39 is 0 Å². The summed E-state index contributed by atoms with van der Waals surface area (Å²) in [4.78, 5) is 36.6. The Morgan fingerprint density at radius 2 is 1.87 bits per heavy atom. The van der Waals surface area contributed by atoms with E-state index in [0.717, 1.165) is 80.7 Å².